The van der Waals surface area contributed by atoms with Crippen molar-refractivity contribution in [1.82, 2.24) is 0 Å². The second kappa shape index (κ2) is 4.49. The van der Waals surface area contributed by atoms with E-state index in [-0.39, 0.29) is 0 Å². The van der Waals surface area contributed by atoms with Crippen LogP contribution in [-0.2, 0) is 6.54 Å². The zero-order valence-electron chi connectivity index (χ0n) is 11.0. The number of para-hydroxylation sites is 1. The van der Waals surface area contributed by atoms with Gasteiger partial charge in [0.2, 0.25) is 0 Å². The molecule has 0 aromatic heterocycles. The van der Waals surface area contributed by atoms with Crippen LogP contribution >= 0.6 is 0 Å². The Morgan fingerprint density at radius 2 is 1.56 bits per heavy atom. The number of anilines is 1. The van der Waals surface area contributed by atoms with E-state index in [0.29, 0.717) is 12.0 Å². The number of hydrogen-bond acceptors (Lipinski definition) is 1. The molecular weight excluding hydrogens is 218 g/mol. The predicted octanol–water partition coefficient (Wildman–Crippen LogP) is 4.20. The fourth-order valence-corrected chi connectivity index (χ4v) is 2.89. The third-order valence-corrected chi connectivity index (χ3v) is 4.15. The van der Waals surface area contributed by atoms with Gasteiger partial charge in [0, 0.05) is 24.2 Å². The fraction of sp³-hybridized carbons (Fsp3) is 0.294. The lowest BCUT2D eigenvalue weighted by Crippen LogP contribution is -2.30. The third kappa shape index (κ3) is 1.80. The van der Waals surface area contributed by atoms with Gasteiger partial charge in [-0.05, 0) is 24.1 Å². The Bertz CT molecular complexity index is 532. The van der Waals surface area contributed by atoms with Crippen LogP contribution in [0.25, 0.3) is 0 Å². The zero-order chi connectivity index (χ0) is 12.5. The third-order valence-electron chi connectivity index (χ3n) is 4.15. The quantitative estimate of drug-likeness (QED) is 0.756. The van der Waals surface area contributed by atoms with Crippen LogP contribution in [0.3, 0.4) is 0 Å². The number of fused-ring (bicyclic) bond motifs is 1. The van der Waals surface area contributed by atoms with Crippen molar-refractivity contribution >= 4 is 5.69 Å². The summed E-state index contributed by atoms with van der Waals surface area (Å²) in [6.45, 7) is 5.66. The summed E-state index contributed by atoms with van der Waals surface area (Å²) in [5.41, 5.74) is 4.27. The second-order valence-electron chi connectivity index (χ2n) is 5.20. The van der Waals surface area contributed by atoms with Crippen LogP contribution in [0.15, 0.2) is 54.6 Å². The summed E-state index contributed by atoms with van der Waals surface area (Å²) in [4.78, 5) is 2.52. The van der Waals surface area contributed by atoms with E-state index >= 15 is 0 Å². The molecule has 3 rings (SSSR count). The zero-order valence-corrected chi connectivity index (χ0v) is 11.0. The van der Waals surface area contributed by atoms with Gasteiger partial charge >= 0.3 is 0 Å². The van der Waals surface area contributed by atoms with E-state index in [9.17, 15) is 0 Å². The highest BCUT2D eigenvalue weighted by Gasteiger charge is 2.31. The minimum Gasteiger partial charge on any atom is -0.364 e. The maximum absolute atomic E-state index is 2.52. The first-order valence-corrected chi connectivity index (χ1v) is 6.67. The van der Waals surface area contributed by atoms with Crippen LogP contribution in [0.4, 0.5) is 5.69 Å². The highest BCUT2D eigenvalue weighted by atomic mass is 15.2. The molecule has 0 bridgehead atoms. The summed E-state index contributed by atoms with van der Waals surface area (Å²) in [5.74, 6) is 0.616. The van der Waals surface area contributed by atoms with Gasteiger partial charge in [-0.1, -0.05) is 55.5 Å². The standard InChI is InChI=1S/C17H19N/c1-13-14(2)18(12-15-8-4-3-5-9-15)17-11-7-6-10-16(13)17/h3-11,13-14H,12H2,1-2H3. The second-order valence-corrected chi connectivity index (χ2v) is 5.20. The van der Waals surface area contributed by atoms with E-state index in [4.69, 9.17) is 0 Å². The average Bonchev–Trinajstić information content (AvgIpc) is 2.66. The molecule has 0 aliphatic carbocycles. The molecule has 1 aliphatic rings. The molecule has 2 aromatic rings. The van der Waals surface area contributed by atoms with E-state index in [0.717, 1.165) is 6.54 Å². The van der Waals surface area contributed by atoms with Crippen LogP contribution in [0.5, 0.6) is 0 Å². The van der Waals surface area contributed by atoms with E-state index < -0.39 is 0 Å². The van der Waals surface area contributed by atoms with E-state index in [1.807, 2.05) is 0 Å². The molecule has 2 aromatic carbocycles. The van der Waals surface area contributed by atoms with Gasteiger partial charge in [-0.3, -0.25) is 0 Å². The van der Waals surface area contributed by atoms with Crippen molar-refractivity contribution in [3.8, 4) is 0 Å². The molecule has 2 atom stereocenters. The molecule has 1 heteroatoms. The Kier molecular flexibility index (Phi) is 2.83. The molecule has 0 radical (unpaired) electrons. The van der Waals surface area contributed by atoms with Crippen LogP contribution < -0.4 is 4.90 Å². The molecule has 0 saturated carbocycles. The van der Waals surface area contributed by atoms with Gasteiger partial charge in [0.15, 0.2) is 0 Å². The summed E-state index contributed by atoms with van der Waals surface area (Å²) in [5, 5.41) is 0. The molecule has 0 amide bonds. The van der Waals surface area contributed by atoms with Gasteiger partial charge in [-0.2, -0.15) is 0 Å². The van der Waals surface area contributed by atoms with Crippen LogP contribution in [0.2, 0.25) is 0 Å². The molecule has 1 nitrogen and oxygen atoms in total. The van der Waals surface area contributed by atoms with Gasteiger partial charge in [-0.25, -0.2) is 0 Å². The monoisotopic (exact) mass is 237 g/mol. The Balaban J connectivity index is 1.93. The van der Waals surface area contributed by atoms with Crippen molar-refractivity contribution in [3.63, 3.8) is 0 Å². The summed E-state index contributed by atoms with van der Waals surface area (Å²) >= 11 is 0. The Morgan fingerprint density at radius 3 is 2.33 bits per heavy atom. The SMILES string of the molecule is CC1c2ccccc2N(Cc2ccccc2)C1C. The van der Waals surface area contributed by atoms with Gasteiger partial charge in [0.25, 0.3) is 0 Å². The lowest BCUT2D eigenvalue weighted by molar-refractivity contribution is 0.591. The van der Waals surface area contributed by atoms with Gasteiger partial charge in [0.05, 0.1) is 0 Å². The maximum Gasteiger partial charge on any atom is 0.0432 e. The Labute approximate surface area is 109 Å². The van der Waals surface area contributed by atoms with E-state index in [2.05, 4.69) is 73.3 Å². The lowest BCUT2D eigenvalue weighted by Gasteiger charge is -2.26. The fourth-order valence-electron chi connectivity index (χ4n) is 2.89. The van der Waals surface area contributed by atoms with Crippen LogP contribution in [0.1, 0.15) is 30.9 Å². The van der Waals surface area contributed by atoms with Crippen molar-refractivity contribution in [1.29, 1.82) is 0 Å². The first kappa shape index (κ1) is 11.3. The number of benzene rings is 2. The van der Waals surface area contributed by atoms with Crippen molar-refractivity contribution in [2.75, 3.05) is 4.90 Å². The van der Waals surface area contributed by atoms with Crippen LogP contribution in [-0.4, -0.2) is 6.04 Å². The van der Waals surface area contributed by atoms with Gasteiger partial charge < -0.3 is 4.90 Å². The Morgan fingerprint density at radius 1 is 0.889 bits per heavy atom. The van der Waals surface area contributed by atoms with Crippen molar-refractivity contribution in [3.05, 3.63) is 65.7 Å². The Hall–Kier alpha value is -1.76. The molecule has 0 spiro atoms. The minimum absolute atomic E-state index is 0.572. The van der Waals surface area contributed by atoms with Crippen LogP contribution in [0, 0.1) is 0 Å². The average molecular weight is 237 g/mol. The first-order chi connectivity index (χ1) is 8.77. The van der Waals surface area contributed by atoms with Gasteiger partial charge in [0.1, 0.15) is 0 Å². The topological polar surface area (TPSA) is 3.24 Å². The molecular formula is C17H19N. The summed E-state index contributed by atoms with van der Waals surface area (Å²) in [6, 6.07) is 20.1. The van der Waals surface area contributed by atoms with Crippen molar-refractivity contribution in [2.45, 2.75) is 32.4 Å². The highest BCUT2D eigenvalue weighted by molar-refractivity contribution is 5.61. The van der Waals surface area contributed by atoms with Gasteiger partial charge in [-0.15, -0.1) is 0 Å². The number of nitrogens with zero attached hydrogens (tertiary/aromatic N) is 1. The lowest BCUT2D eigenvalue weighted by atomic mass is 9.98. The molecule has 0 N–H and O–H groups in total. The minimum atomic E-state index is 0.572. The number of hydrogen-bond donors (Lipinski definition) is 0. The molecule has 2 unspecified atom stereocenters. The molecule has 1 aliphatic heterocycles. The predicted molar refractivity (Wildman–Crippen MR) is 76.9 cm³/mol. The van der Waals surface area contributed by atoms with E-state index in [1.54, 1.807) is 0 Å². The maximum atomic E-state index is 2.52. The molecule has 18 heavy (non-hydrogen) atoms. The van der Waals surface area contributed by atoms with E-state index in [1.165, 1.54) is 16.8 Å². The van der Waals surface area contributed by atoms with Crippen molar-refractivity contribution < 1.29 is 0 Å². The molecule has 92 valence electrons. The smallest absolute Gasteiger partial charge is 0.0432 e. The summed E-state index contributed by atoms with van der Waals surface area (Å²) in [6.07, 6.45) is 0. The number of rotatable bonds is 2. The molecule has 0 saturated heterocycles. The molecule has 0 fully saturated rings. The summed E-state index contributed by atoms with van der Waals surface area (Å²) < 4.78 is 0. The highest BCUT2D eigenvalue weighted by Crippen LogP contribution is 2.41. The normalized spacial score (nSPS) is 22.0. The summed E-state index contributed by atoms with van der Waals surface area (Å²) in [7, 11) is 0. The first-order valence-electron chi connectivity index (χ1n) is 6.67. The van der Waals surface area contributed by atoms with Crippen molar-refractivity contribution in [2.24, 2.45) is 0 Å². The molecule has 1 heterocycles. The largest absolute Gasteiger partial charge is 0.364 e.